The van der Waals surface area contributed by atoms with Crippen LogP contribution in [0.4, 0.5) is 0 Å². The maximum Gasteiger partial charge on any atom is 0.234 e. The Labute approximate surface area is 100 Å². The zero-order chi connectivity index (χ0) is 11.8. The molecular weight excluding hydrogens is 224 g/mol. The Kier molecular flexibility index (Phi) is 6.07. The molecule has 1 rings (SSSR count). The van der Waals surface area contributed by atoms with Crippen molar-refractivity contribution in [3.8, 4) is 0 Å². The van der Waals surface area contributed by atoms with Gasteiger partial charge in [0.05, 0.1) is 13.2 Å². The average molecular weight is 242 g/mol. The van der Waals surface area contributed by atoms with E-state index in [9.17, 15) is 4.79 Å². The zero-order valence-corrected chi connectivity index (χ0v) is 10.5. The first kappa shape index (κ1) is 13.2. The van der Waals surface area contributed by atoms with Crippen molar-refractivity contribution in [2.45, 2.75) is 13.0 Å². The van der Waals surface area contributed by atoms with E-state index in [1.54, 1.807) is 18.4 Å². The van der Waals surface area contributed by atoms with Crippen molar-refractivity contribution in [3.05, 3.63) is 22.4 Å². The molecule has 0 unspecified atom stereocenters. The summed E-state index contributed by atoms with van der Waals surface area (Å²) >= 11 is 1.69. The van der Waals surface area contributed by atoms with Gasteiger partial charge in [-0.15, -0.1) is 11.3 Å². The summed E-state index contributed by atoms with van der Waals surface area (Å²) in [6, 6.07) is 4.29. The molecule has 0 aliphatic heterocycles. The highest BCUT2D eigenvalue weighted by molar-refractivity contribution is 7.10. The molecule has 0 radical (unpaired) electrons. The summed E-state index contributed by atoms with van der Waals surface area (Å²) < 4.78 is 4.84. The molecule has 16 heavy (non-hydrogen) atoms. The topological polar surface area (TPSA) is 50.4 Å². The maximum atomic E-state index is 11.4. The minimum Gasteiger partial charge on any atom is -0.383 e. The number of thiophene rings is 1. The van der Waals surface area contributed by atoms with E-state index in [4.69, 9.17) is 4.74 Å². The highest BCUT2D eigenvalue weighted by atomic mass is 32.1. The summed E-state index contributed by atoms with van der Waals surface area (Å²) in [6.45, 7) is 3.49. The van der Waals surface area contributed by atoms with Gasteiger partial charge in [-0.25, -0.2) is 0 Å². The van der Waals surface area contributed by atoms with Crippen molar-refractivity contribution in [3.63, 3.8) is 0 Å². The van der Waals surface area contributed by atoms with Crippen LogP contribution in [0.25, 0.3) is 0 Å². The molecule has 4 nitrogen and oxygen atoms in total. The van der Waals surface area contributed by atoms with Crippen LogP contribution in [0, 0.1) is 0 Å². The van der Waals surface area contributed by atoms with Crippen LogP contribution in [0.1, 0.15) is 17.8 Å². The van der Waals surface area contributed by atoms with Crippen LogP contribution in [0.2, 0.25) is 0 Å². The highest BCUT2D eigenvalue weighted by Gasteiger charge is 2.07. The summed E-state index contributed by atoms with van der Waals surface area (Å²) in [6.07, 6.45) is 0. The average Bonchev–Trinajstić information content (AvgIpc) is 2.79. The molecule has 0 aliphatic rings. The number of rotatable bonds is 7. The summed E-state index contributed by atoms with van der Waals surface area (Å²) in [4.78, 5) is 12.6. The number of amides is 1. The third kappa shape index (κ3) is 4.74. The fraction of sp³-hybridized carbons (Fsp3) is 0.545. The van der Waals surface area contributed by atoms with E-state index >= 15 is 0 Å². The molecule has 0 bridgehead atoms. The summed E-state index contributed by atoms with van der Waals surface area (Å²) in [5.74, 6) is 0.000422. The normalized spacial score (nSPS) is 12.4. The lowest BCUT2D eigenvalue weighted by atomic mass is 10.3. The van der Waals surface area contributed by atoms with Gasteiger partial charge in [0, 0.05) is 24.6 Å². The Bertz CT molecular complexity index is 301. The van der Waals surface area contributed by atoms with Crippen molar-refractivity contribution in [2.75, 3.05) is 26.8 Å². The molecule has 1 amide bonds. The van der Waals surface area contributed by atoms with Gasteiger partial charge >= 0.3 is 0 Å². The van der Waals surface area contributed by atoms with E-state index in [-0.39, 0.29) is 11.9 Å². The lowest BCUT2D eigenvalue weighted by Gasteiger charge is -2.11. The number of nitrogens with one attached hydrogen (secondary N) is 2. The number of carbonyl (C=O) groups is 1. The Morgan fingerprint density at radius 3 is 3.06 bits per heavy atom. The largest absolute Gasteiger partial charge is 0.383 e. The van der Waals surface area contributed by atoms with Gasteiger partial charge in [0.25, 0.3) is 0 Å². The van der Waals surface area contributed by atoms with E-state index in [0.717, 1.165) is 0 Å². The Hall–Kier alpha value is -0.910. The number of hydrogen-bond donors (Lipinski definition) is 2. The molecule has 0 saturated heterocycles. The standard InChI is InChI=1S/C11H18N2O2S/c1-9(10-4-3-7-16-10)13-8-11(14)12-5-6-15-2/h3-4,7,9,13H,5-6,8H2,1-2H3,(H,12,14)/t9-/m0/s1. The zero-order valence-electron chi connectivity index (χ0n) is 9.66. The monoisotopic (exact) mass is 242 g/mol. The number of ether oxygens (including phenoxy) is 1. The van der Waals surface area contributed by atoms with Crippen LogP contribution in [0.5, 0.6) is 0 Å². The summed E-state index contributed by atoms with van der Waals surface area (Å²) in [5.41, 5.74) is 0. The lowest BCUT2D eigenvalue weighted by molar-refractivity contribution is -0.120. The summed E-state index contributed by atoms with van der Waals surface area (Å²) in [5, 5.41) is 7.96. The number of hydrogen-bond acceptors (Lipinski definition) is 4. The van der Waals surface area contributed by atoms with E-state index in [2.05, 4.69) is 16.7 Å². The van der Waals surface area contributed by atoms with Crippen molar-refractivity contribution >= 4 is 17.2 Å². The lowest BCUT2D eigenvalue weighted by Crippen LogP contribution is -2.36. The minimum absolute atomic E-state index is 0.000422. The van der Waals surface area contributed by atoms with E-state index in [1.807, 2.05) is 18.4 Å². The number of methoxy groups -OCH3 is 1. The molecule has 0 fully saturated rings. The number of carbonyl (C=O) groups excluding carboxylic acids is 1. The van der Waals surface area contributed by atoms with E-state index < -0.39 is 0 Å². The molecule has 0 aromatic carbocycles. The van der Waals surface area contributed by atoms with Gasteiger partial charge in [-0.05, 0) is 18.4 Å². The molecule has 0 spiro atoms. The first-order valence-corrected chi connectivity index (χ1v) is 6.14. The molecule has 0 aliphatic carbocycles. The van der Waals surface area contributed by atoms with Gasteiger partial charge in [-0.1, -0.05) is 6.07 Å². The van der Waals surface area contributed by atoms with Crippen molar-refractivity contribution in [2.24, 2.45) is 0 Å². The predicted octanol–water partition coefficient (Wildman–Crippen LogP) is 1.16. The van der Waals surface area contributed by atoms with Gasteiger partial charge in [-0.2, -0.15) is 0 Å². The van der Waals surface area contributed by atoms with E-state index in [0.29, 0.717) is 19.7 Å². The fourth-order valence-corrected chi connectivity index (χ4v) is 2.00. The second kappa shape index (κ2) is 7.38. The molecule has 1 aromatic heterocycles. The molecule has 5 heteroatoms. The van der Waals surface area contributed by atoms with Crippen molar-refractivity contribution in [1.82, 2.24) is 10.6 Å². The molecule has 1 heterocycles. The quantitative estimate of drug-likeness (QED) is 0.706. The van der Waals surface area contributed by atoms with Crippen molar-refractivity contribution in [1.29, 1.82) is 0 Å². The van der Waals surface area contributed by atoms with Crippen LogP contribution >= 0.6 is 11.3 Å². The fourth-order valence-electron chi connectivity index (χ4n) is 1.24. The van der Waals surface area contributed by atoms with Crippen LogP contribution in [-0.2, 0) is 9.53 Å². The van der Waals surface area contributed by atoms with Crippen LogP contribution in [-0.4, -0.2) is 32.7 Å². The second-order valence-electron chi connectivity index (χ2n) is 3.46. The molecule has 2 N–H and O–H groups in total. The Morgan fingerprint density at radius 1 is 1.62 bits per heavy atom. The van der Waals surface area contributed by atoms with Gasteiger partial charge in [0.15, 0.2) is 0 Å². The smallest absolute Gasteiger partial charge is 0.234 e. The SMILES string of the molecule is COCCNC(=O)CN[C@@H](C)c1cccs1. The van der Waals surface area contributed by atoms with Crippen LogP contribution < -0.4 is 10.6 Å². The highest BCUT2D eigenvalue weighted by Crippen LogP contribution is 2.17. The molecule has 90 valence electrons. The Balaban J connectivity index is 2.16. The van der Waals surface area contributed by atoms with Gasteiger partial charge in [0.2, 0.25) is 5.91 Å². The molecule has 1 atom stereocenters. The maximum absolute atomic E-state index is 11.4. The second-order valence-corrected chi connectivity index (χ2v) is 4.44. The molecular formula is C11H18N2O2S. The third-order valence-electron chi connectivity index (χ3n) is 2.17. The molecule has 0 saturated carbocycles. The van der Waals surface area contributed by atoms with E-state index in [1.165, 1.54) is 4.88 Å². The minimum atomic E-state index is 0.000422. The first-order valence-electron chi connectivity index (χ1n) is 5.26. The summed E-state index contributed by atoms with van der Waals surface area (Å²) in [7, 11) is 1.61. The van der Waals surface area contributed by atoms with Crippen LogP contribution in [0.15, 0.2) is 17.5 Å². The third-order valence-corrected chi connectivity index (χ3v) is 3.22. The Morgan fingerprint density at radius 2 is 2.44 bits per heavy atom. The van der Waals surface area contributed by atoms with Gasteiger partial charge in [-0.3, -0.25) is 4.79 Å². The predicted molar refractivity (Wildman–Crippen MR) is 65.6 cm³/mol. The van der Waals surface area contributed by atoms with Gasteiger partial charge in [0.1, 0.15) is 0 Å². The van der Waals surface area contributed by atoms with Crippen molar-refractivity contribution < 1.29 is 9.53 Å². The first-order chi connectivity index (χ1) is 7.74. The van der Waals surface area contributed by atoms with Crippen LogP contribution in [0.3, 0.4) is 0 Å². The van der Waals surface area contributed by atoms with Gasteiger partial charge < -0.3 is 15.4 Å². The molecule has 1 aromatic rings.